The second-order valence-corrected chi connectivity index (χ2v) is 6.21. The van der Waals surface area contributed by atoms with E-state index >= 15 is 0 Å². The van der Waals surface area contributed by atoms with Crippen LogP contribution in [-0.4, -0.2) is 30.3 Å². The quantitative estimate of drug-likeness (QED) is 0.877. The number of carbonyl (C=O) groups is 1. The van der Waals surface area contributed by atoms with E-state index < -0.39 is 0 Å². The predicted octanol–water partition coefficient (Wildman–Crippen LogP) is 1.99. The second-order valence-electron chi connectivity index (χ2n) is 4.97. The maximum atomic E-state index is 12.2. The fourth-order valence-corrected chi connectivity index (χ4v) is 3.80. The first kappa shape index (κ1) is 14.7. The van der Waals surface area contributed by atoms with Crippen LogP contribution in [0.15, 0.2) is 29.2 Å². The van der Waals surface area contributed by atoms with Crippen molar-refractivity contribution in [2.45, 2.75) is 35.4 Å². The highest BCUT2D eigenvalue weighted by atomic mass is 35.5. The Kier molecular flexibility index (Phi) is 5.13. The molecule has 0 spiro atoms. The van der Waals surface area contributed by atoms with Crippen LogP contribution in [0.3, 0.4) is 0 Å². The number of rotatable bonds is 2. The topological polar surface area (TPSA) is 41.1 Å². The lowest BCUT2D eigenvalue weighted by Crippen LogP contribution is -2.48. The molecule has 19 heavy (non-hydrogen) atoms. The third kappa shape index (κ3) is 3.44. The van der Waals surface area contributed by atoms with Crippen molar-refractivity contribution in [2.75, 3.05) is 13.1 Å². The molecule has 1 fully saturated rings. The second kappa shape index (κ2) is 6.64. The van der Waals surface area contributed by atoms with Gasteiger partial charge in [-0.3, -0.25) is 4.79 Å². The Morgan fingerprint density at radius 3 is 2.95 bits per heavy atom. The molecule has 5 heteroatoms. The summed E-state index contributed by atoms with van der Waals surface area (Å²) in [7, 11) is 0. The normalized spacial score (nSPS) is 25.3. The van der Waals surface area contributed by atoms with Gasteiger partial charge in [-0.05, 0) is 37.4 Å². The van der Waals surface area contributed by atoms with Gasteiger partial charge in [0.15, 0.2) is 0 Å². The number of amides is 1. The lowest BCUT2D eigenvalue weighted by Gasteiger charge is -2.24. The molecule has 3 nitrogen and oxygen atoms in total. The number of fused-ring (bicyclic) bond motifs is 1. The van der Waals surface area contributed by atoms with E-state index in [-0.39, 0.29) is 23.6 Å². The van der Waals surface area contributed by atoms with Crippen LogP contribution in [-0.2, 0) is 11.2 Å². The van der Waals surface area contributed by atoms with Gasteiger partial charge >= 0.3 is 0 Å². The summed E-state index contributed by atoms with van der Waals surface area (Å²) in [6.45, 7) is 1.99. The van der Waals surface area contributed by atoms with E-state index in [1.165, 1.54) is 10.5 Å². The van der Waals surface area contributed by atoms with Crippen molar-refractivity contribution in [2.24, 2.45) is 0 Å². The molecule has 2 aliphatic rings. The SMILES string of the molecule is Cl.O=C(N[C@H]1CCCNC1)C1Cc2ccccc2S1. The summed E-state index contributed by atoms with van der Waals surface area (Å²) in [5, 5.41) is 6.56. The predicted molar refractivity (Wildman–Crippen MR) is 81.1 cm³/mol. The van der Waals surface area contributed by atoms with E-state index in [1.54, 1.807) is 11.8 Å². The first-order chi connectivity index (χ1) is 8.83. The van der Waals surface area contributed by atoms with Crippen molar-refractivity contribution in [3.05, 3.63) is 29.8 Å². The molecule has 0 radical (unpaired) electrons. The van der Waals surface area contributed by atoms with Crippen LogP contribution in [0.4, 0.5) is 0 Å². The minimum atomic E-state index is 0. The van der Waals surface area contributed by atoms with Crippen LogP contribution in [0.2, 0.25) is 0 Å². The third-order valence-electron chi connectivity index (χ3n) is 3.58. The summed E-state index contributed by atoms with van der Waals surface area (Å²) >= 11 is 1.70. The number of nitrogens with one attached hydrogen (secondary N) is 2. The monoisotopic (exact) mass is 298 g/mol. The van der Waals surface area contributed by atoms with Crippen molar-refractivity contribution in [1.82, 2.24) is 10.6 Å². The molecule has 104 valence electrons. The van der Waals surface area contributed by atoms with Crippen LogP contribution < -0.4 is 10.6 Å². The van der Waals surface area contributed by atoms with Crippen LogP contribution >= 0.6 is 24.2 Å². The summed E-state index contributed by atoms with van der Waals surface area (Å²) in [4.78, 5) is 13.5. The van der Waals surface area contributed by atoms with Crippen molar-refractivity contribution < 1.29 is 4.79 Å². The van der Waals surface area contributed by atoms with E-state index in [0.717, 1.165) is 32.4 Å². The van der Waals surface area contributed by atoms with Gasteiger partial charge < -0.3 is 10.6 Å². The Morgan fingerprint density at radius 2 is 2.21 bits per heavy atom. The zero-order chi connectivity index (χ0) is 12.4. The van der Waals surface area contributed by atoms with Gasteiger partial charge in [-0.15, -0.1) is 24.2 Å². The highest BCUT2D eigenvalue weighted by Gasteiger charge is 2.29. The molecular weight excluding hydrogens is 280 g/mol. The van der Waals surface area contributed by atoms with Gasteiger partial charge in [0, 0.05) is 17.5 Å². The molecule has 0 aliphatic carbocycles. The maximum Gasteiger partial charge on any atom is 0.234 e. The molecular formula is C14H19ClN2OS. The van der Waals surface area contributed by atoms with Gasteiger partial charge in [-0.1, -0.05) is 18.2 Å². The first-order valence-corrected chi connectivity index (χ1v) is 7.46. The summed E-state index contributed by atoms with van der Waals surface area (Å²) in [5.74, 6) is 0.199. The highest BCUT2D eigenvalue weighted by Crippen LogP contribution is 2.36. The molecule has 1 aromatic rings. The fraction of sp³-hybridized carbons (Fsp3) is 0.500. The number of piperidine rings is 1. The average Bonchev–Trinajstić information content (AvgIpc) is 2.84. The molecule has 2 atom stereocenters. The Morgan fingerprint density at radius 1 is 1.37 bits per heavy atom. The number of hydrogen-bond donors (Lipinski definition) is 2. The molecule has 3 rings (SSSR count). The van der Waals surface area contributed by atoms with Gasteiger partial charge in [0.05, 0.1) is 5.25 Å². The van der Waals surface area contributed by atoms with Gasteiger partial charge in [0.25, 0.3) is 0 Å². The third-order valence-corrected chi connectivity index (χ3v) is 4.90. The summed E-state index contributed by atoms with van der Waals surface area (Å²) < 4.78 is 0. The van der Waals surface area contributed by atoms with Crippen LogP contribution in [0.25, 0.3) is 0 Å². The van der Waals surface area contributed by atoms with E-state index in [9.17, 15) is 4.79 Å². The molecule has 1 aromatic carbocycles. The van der Waals surface area contributed by atoms with E-state index in [0.29, 0.717) is 6.04 Å². The van der Waals surface area contributed by atoms with E-state index in [1.807, 2.05) is 12.1 Å². The number of hydrogen-bond acceptors (Lipinski definition) is 3. The van der Waals surface area contributed by atoms with E-state index in [2.05, 4.69) is 22.8 Å². The average molecular weight is 299 g/mol. The Bertz CT molecular complexity index is 424. The molecule has 1 saturated heterocycles. The minimum Gasteiger partial charge on any atom is -0.351 e. The molecule has 0 bridgehead atoms. The molecule has 2 N–H and O–H groups in total. The van der Waals surface area contributed by atoms with Gasteiger partial charge in [0.2, 0.25) is 5.91 Å². The van der Waals surface area contributed by atoms with Crippen molar-refractivity contribution in [3.8, 4) is 0 Å². The lowest BCUT2D eigenvalue weighted by atomic mass is 10.1. The largest absolute Gasteiger partial charge is 0.351 e. The van der Waals surface area contributed by atoms with E-state index in [4.69, 9.17) is 0 Å². The molecule has 1 unspecified atom stereocenters. The van der Waals surface area contributed by atoms with Crippen LogP contribution in [0, 0.1) is 0 Å². The Labute approximate surface area is 124 Å². The number of benzene rings is 1. The Balaban J connectivity index is 0.00000133. The molecule has 2 aliphatic heterocycles. The molecule has 1 amide bonds. The van der Waals surface area contributed by atoms with Crippen LogP contribution in [0.1, 0.15) is 18.4 Å². The van der Waals surface area contributed by atoms with Crippen LogP contribution in [0.5, 0.6) is 0 Å². The minimum absolute atomic E-state index is 0. The smallest absolute Gasteiger partial charge is 0.234 e. The standard InChI is InChI=1S/C14H18N2OS.ClH/c17-14(16-11-5-3-7-15-9-11)13-8-10-4-1-2-6-12(10)18-13;/h1-2,4,6,11,13,15H,3,5,7-9H2,(H,16,17);1H/t11-,13?;/m0./s1. The summed E-state index contributed by atoms with van der Waals surface area (Å²) in [5.41, 5.74) is 1.31. The van der Waals surface area contributed by atoms with Crippen molar-refractivity contribution >= 4 is 30.1 Å². The zero-order valence-corrected chi connectivity index (χ0v) is 12.4. The van der Waals surface area contributed by atoms with Gasteiger partial charge in [-0.25, -0.2) is 0 Å². The summed E-state index contributed by atoms with van der Waals surface area (Å²) in [6, 6.07) is 8.63. The lowest BCUT2D eigenvalue weighted by molar-refractivity contribution is -0.121. The number of thioether (sulfide) groups is 1. The van der Waals surface area contributed by atoms with Gasteiger partial charge in [-0.2, -0.15) is 0 Å². The first-order valence-electron chi connectivity index (χ1n) is 6.58. The van der Waals surface area contributed by atoms with Crippen molar-refractivity contribution in [1.29, 1.82) is 0 Å². The molecule has 2 heterocycles. The highest BCUT2D eigenvalue weighted by molar-refractivity contribution is 8.01. The van der Waals surface area contributed by atoms with Gasteiger partial charge in [0.1, 0.15) is 0 Å². The maximum absolute atomic E-state index is 12.2. The number of halogens is 1. The zero-order valence-electron chi connectivity index (χ0n) is 10.7. The number of carbonyl (C=O) groups excluding carboxylic acids is 1. The van der Waals surface area contributed by atoms with Crippen molar-refractivity contribution in [3.63, 3.8) is 0 Å². The Hall–Kier alpha value is -0.710. The fourth-order valence-electron chi connectivity index (χ4n) is 2.60. The molecule has 0 saturated carbocycles. The molecule has 0 aromatic heterocycles. The summed E-state index contributed by atoms with van der Waals surface area (Å²) in [6.07, 6.45) is 3.12.